The van der Waals surface area contributed by atoms with E-state index in [0.717, 1.165) is 22.2 Å². The number of amides is 1. The van der Waals surface area contributed by atoms with Gasteiger partial charge in [0.25, 0.3) is 0 Å². The molecule has 0 aromatic heterocycles. The minimum atomic E-state index is 0.0708. The Morgan fingerprint density at radius 2 is 2.00 bits per heavy atom. The van der Waals surface area contributed by atoms with Gasteiger partial charge in [0.2, 0.25) is 5.91 Å². The summed E-state index contributed by atoms with van der Waals surface area (Å²) in [5.74, 6) is 1.33. The summed E-state index contributed by atoms with van der Waals surface area (Å²) in [6, 6.07) is 7.96. The molecule has 20 heavy (non-hydrogen) atoms. The molecule has 110 valence electrons. The van der Waals surface area contributed by atoms with Gasteiger partial charge in [-0.3, -0.25) is 4.79 Å². The summed E-state index contributed by atoms with van der Waals surface area (Å²) in [5.41, 5.74) is 0. The lowest BCUT2D eigenvalue weighted by Gasteiger charge is -2.17. The number of nitrogens with one attached hydrogen (secondary N) is 1. The van der Waals surface area contributed by atoms with E-state index >= 15 is 0 Å². The maximum Gasteiger partial charge on any atom is 0.230 e. The van der Waals surface area contributed by atoms with Crippen LogP contribution >= 0.6 is 27.7 Å². The molecule has 1 aromatic carbocycles. The fraction of sp³-hybridized carbons (Fsp3) is 0.533. The Bertz CT molecular complexity index is 438. The van der Waals surface area contributed by atoms with Crippen molar-refractivity contribution in [2.45, 2.75) is 24.2 Å². The van der Waals surface area contributed by atoms with Crippen LogP contribution in [0.1, 0.15) is 19.3 Å². The summed E-state index contributed by atoms with van der Waals surface area (Å²) >= 11 is 4.94. The van der Waals surface area contributed by atoms with E-state index in [2.05, 4.69) is 21.2 Å². The molecule has 2 N–H and O–H groups in total. The summed E-state index contributed by atoms with van der Waals surface area (Å²) in [4.78, 5) is 12.9. The van der Waals surface area contributed by atoms with Gasteiger partial charge >= 0.3 is 0 Å². The second-order valence-corrected chi connectivity index (χ2v) is 7.14. The zero-order valence-corrected chi connectivity index (χ0v) is 13.8. The van der Waals surface area contributed by atoms with Crippen LogP contribution in [0.25, 0.3) is 0 Å². The number of hydrogen-bond acceptors (Lipinski definition) is 3. The summed E-state index contributed by atoms with van der Waals surface area (Å²) < 4.78 is 1.04. The zero-order valence-electron chi connectivity index (χ0n) is 11.3. The number of carbonyl (C=O) groups is 1. The van der Waals surface area contributed by atoms with Crippen molar-refractivity contribution in [2.24, 2.45) is 11.8 Å². The van der Waals surface area contributed by atoms with E-state index in [1.807, 2.05) is 24.3 Å². The topological polar surface area (TPSA) is 49.3 Å². The molecule has 5 heteroatoms. The second-order valence-electron chi connectivity index (χ2n) is 5.18. The molecule has 2 unspecified atom stereocenters. The van der Waals surface area contributed by atoms with Crippen LogP contribution in [0.2, 0.25) is 0 Å². The van der Waals surface area contributed by atoms with Gasteiger partial charge in [0, 0.05) is 22.5 Å². The molecule has 0 spiro atoms. The smallest absolute Gasteiger partial charge is 0.230 e. The van der Waals surface area contributed by atoms with Gasteiger partial charge in [-0.15, -0.1) is 11.8 Å². The van der Waals surface area contributed by atoms with Crippen LogP contribution in [0, 0.1) is 11.8 Å². The van der Waals surface area contributed by atoms with Crippen LogP contribution in [0.3, 0.4) is 0 Å². The van der Waals surface area contributed by atoms with Crippen molar-refractivity contribution >= 4 is 33.6 Å². The molecule has 1 aromatic rings. The Morgan fingerprint density at radius 1 is 1.30 bits per heavy atom. The Hall–Kier alpha value is -0.520. The number of rotatable bonds is 6. The molecule has 1 aliphatic carbocycles. The molecular weight excluding hydrogens is 338 g/mol. The summed E-state index contributed by atoms with van der Waals surface area (Å²) in [7, 11) is 0. The van der Waals surface area contributed by atoms with Crippen molar-refractivity contribution in [3.05, 3.63) is 28.7 Å². The normalized spacial score (nSPS) is 21.9. The first kappa shape index (κ1) is 15.9. The summed E-state index contributed by atoms with van der Waals surface area (Å²) in [6.45, 7) is 0.944. The lowest BCUT2D eigenvalue weighted by molar-refractivity contribution is -0.118. The van der Waals surface area contributed by atoms with Gasteiger partial charge in [-0.2, -0.15) is 0 Å². The van der Waals surface area contributed by atoms with E-state index in [1.54, 1.807) is 11.8 Å². The highest BCUT2D eigenvalue weighted by molar-refractivity contribution is 9.10. The predicted octanol–water partition coefficient (Wildman–Crippen LogP) is 3.07. The summed E-state index contributed by atoms with van der Waals surface area (Å²) in [5, 5.41) is 12.2. The van der Waals surface area contributed by atoms with Gasteiger partial charge in [0.1, 0.15) is 0 Å². The van der Waals surface area contributed by atoms with Crippen LogP contribution in [-0.4, -0.2) is 29.9 Å². The minimum Gasteiger partial charge on any atom is -0.396 e. The number of thioether (sulfide) groups is 1. The van der Waals surface area contributed by atoms with Crippen LogP contribution in [0.5, 0.6) is 0 Å². The molecule has 0 saturated heterocycles. The summed E-state index contributed by atoms with van der Waals surface area (Å²) in [6.07, 6.45) is 3.37. The highest BCUT2D eigenvalue weighted by Crippen LogP contribution is 2.30. The average molecular weight is 358 g/mol. The third-order valence-electron chi connectivity index (χ3n) is 3.80. The first-order valence-electron chi connectivity index (χ1n) is 6.95. The lowest BCUT2D eigenvalue weighted by atomic mass is 9.97. The Balaban J connectivity index is 1.69. The molecule has 0 bridgehead atoms. The highest BCUT2D eigenvalue weighted by Gasteiger charge is 2.26. The zero-order chi connectivity index (χ0) is 14.4. The average Bonchev–Trinajstić information content (AvgIpc) is 2.92. The Labute approximate surface area is 132 Å². The van der Waals surface area contributed by atoms with E-state index in [-0.39, 0.29) is 12.5 Å². The molecule has 1 fully saturated rings. The van der Waals surface area contributed by atoms with Crippen molar-refractivity contribution in [1.82, 2.24) is 5.32 Å². The van der Waals surface area contributed by atoms with Crippen molar-refractivity contribution in [1.29, 1.82) is 0 Å². The Morgan fingerprint density at radius 3 is 2.70 bits per heavy atom. The number of benzene rings is 1. The molecule has 2 rings (SSSR count). The molecule has 0 heterocycles. The SMILES string of the molecule is O=C(CSc1ccc(Br)cc1)NCC1CCCC1CO. The Kier molecular flexibility index (Phi) is 6.39. The lowest BCUT2D eigenvalue weighted by Crippen LogP contribution is -2.32. The van der Waals surface area contributed by atoms with Crippen LogP contribution < -0.4 is 5.32 Å². The minimum absolute atomic E-state index is 0.0708. The van der Waals surface area contributed by atoms with Crippen molar-refractivity contribution in [3.63, 3.8) is 0 Å². The van der Waals surface area contributed by atoms with E-state index in [1.165, 1.54) is 6.42 Å². The van der Waals surface area contributed by atoms with Gasteiger partial charge in [-0.05, 0) is 48.9 Å². The molecule has 1 aliphatic rings. The van der Waals surface area contributed by atoms with Gasteiger partial charge in [-0.25, -0.2) is 0 Å². The largest absolute Gasteiger partial charge is 0.396 e. The third kappa shape index (κ3) is 4.79. The molecule has 2 atom stereocenters. The van der Waals surface area contributed by atoms with Crippen LogP contribution in [-0.2, 0) is 4.79 Å². The first-order chi connectivity index (χ1) is 9.69. The first-order valence-corrected chi connectivity index (χ1v) is 8.73. The standard InChI is InChI=1S/C15H20BrNO2S/c16-13-4-6-14(7-5-13)20-10-15(19)17-8-11-2-1-3-12(11)9-18/h4-7,11-12,18H,1-3,8-10H2,(H,17,19). The van der Waals surface area contributed by atoms with Gasteiger partial charge in [0.05, 0.1) is 5.75 Å². The van der Waals surface area contributed by atoms with Crippen molar-refractivity contribution in [2.75, 3.05) is 18.9 Å². The van der Waals surface area contributed by atoms with E-state index in [4.69, 9.17) is 0 Å². The molecule has 3 nitrogen and oxygen atoms in total. The maximum absolute atomic E-state index is 11.8. The molecule has 0 aliphatic heterocycles. The van der Waals surface area contributed by atoms with Gasteiger partial charge < -0.3 is 10.4 Å². The fourth-order valence-electron chi connectivity index (χ4n) is 2.60. The maximum atomic E-state index is 11.8. The number of carbonyl (C=O) groups excluding carboxylic acids is 1. The third-order valence-corrected chi connectivity index (χ3v) is 5.34. The van der Waals surface area contributed by atoms with E-state index in [0.29, 0.717) is 24.1 Å². The second kappa shape index (κ2) is 8.05. The van der Waals surface area contributed by atoms with Gasteiger partial charge in [-0.1, -0.05) is 22.4 Å². The predicted molar refractivity (Wildman–Crippen MR) is 85.8 cm³/mol. The van der Waals surface area contributed by atoms with Crippen LogP contribution in [0.15, 0.2) is 33.6 Å². The highest BCUT2D eigenvalue weighted by atomic mass is 79.9. The molecular formula is C15H20BrNO2S. The van der Waals surface area contributed by atoms with Crippen molar-refractivity contribution < 1.29 is 9.90 Å². The van der Waals surface area contributed by atoms with E-state index in [9.17, 15) is 9.90 Å². The molecule has 1 amide bonds. The number of halogens is 1. The monoisotopic (exact) mass is 357 g/mol. The number of aliphatic hydroxyl groups excluding tert-OH is 1. The molecule has 0 radical (unpaired) electrons. The number of aliphatic hydroxyl groups is 1. The number of hydrogen-bond donors (Lipinski definition) is 2. The van der Waals surface area contributed by atoms with Gasteiger partial charge in [0.15, 0.2) is 0 Å². The molecule has 1 saturated carbocycles. The fourth-order valence-corrected chi connectivity index (χ4v) is 3.59. The van der Waals surface area contributed by atoms with Crippen LogP contribution in [0.4, 0.5) is 0 Å². The van der Waals surface area contributed by atoms with E-state index < -0.39 is 0 Å². The van der Waals surface area contributed by atoms with Crippen molar-refractivity contribution in [3.8, 4) is 0 Å². The quantitative estimate of drug-likeness (QED) is 0.769.